The number of aromatic nitrogens is 2. The number of amides is 2. The highest BCUT2D eigenvalue weighted by atomic mass is 16.6. The van der Waals surface area contributed by atoms with Crippen molar-refractivity contribution in [2.45, 2.75) is 33.6 Å². The normalized spacial score (nSPS) is 14.3. The summed E-state index contributed by atoms with van der Waals surface area (Å²) in [7, 11) is 0. The van der Waals surface area contributed by atoms with Crippen molar-refractivity contribution in [3.63, 3.8) is 0 Å². The van der Waals surface area contributed by atoms with Gasteiger partial charge in [0, 0.05) is 39.3 Å². The molecule has 1 aromatic rings. The van der Waals surface area contributed by atoms with Crippen molar-refractivity contribution in [1.82, 2.24) is 20.0 Å². The van der Waals surface area contributed by atoms with E-state index in [-0.39, 0.29) is 12.0 Å². The van der Waals surface area contributed by atoms with E-state index >= 15 is 0 Å². The zero-order valence-corrected chi connectivity index (χ0v) is 16.0. The van der Waals surface area contributed by atoms with Crippen LogP contribution >= 0.6 is 0 Å². The molecular weight excluding hydrogens is 334 g/mol. The minimum atomic E-state index is -0.323. The van der Waals surface area contributed by atoms with Crippen LogP contribution in [0.3, 0.4) is 0 Å². The van der Waals surface area contributed by atoms with Crippen molar-refractivity contribution in [2.75, 3.05) is 50.8 Å². The number of piperazine rings is 1. The van der Waals surface area contributed by atoms with E-state index in [1.54, 1.807) is 22.8 Å². The molecule has 0 saturated carbocycles. The minimum absolute atomic E-state index is 0.148. The Morgan fingerprint density at radius 3 is 2.12 bits per heavy atom. The molecule has 2 heterocycles. The fraction of sp³-hybridized carbons (Fsp3) is 0.667. The van der Waals surface area contributed by atoms with Crippen molar-refractivity contribution in [3.05, 3.63) is 17.8 Å². The largest absolute Gasteiger partial charge is 0.450 e. The van der Waals surface area contributed by atoms with Gasteiger partial charge < -0.3 is 19.4 Å². The topological polar surface area (TPSA) is 78.9 Å². The fourth-order valence-corrected chi connectivity index (χ4v) is 2.96. The number of rotatable bonds is 7. The zero-order valence-electron chi connectivity index (χ0n) is 16.0. The van der Waals surface area contributed by atoms with Crippen LogP contribution in [-0.2, 0) is 4.74 Å². The highest BCUT2D eigenvalue weighted by Gasteiger charge is 2.26. The third-order valence-electron chi connectivity index (χ3n) is 4.27. The lowest BCUT2D eigenvalue weighted by atomic mass is 10.2. The maximum absolute atomic E-state index is 12.6. The fourth-order valence-electron chi connectivity index (χ4n) is 2.96. The lowest BCUT2D eigenvalue weighted by Gasteiger charge is -2.33. The first-order chi connectivity index (χ1) is 12.6. The number of nitrogens with zero attached hydrogens (tertiary/aromatic N) is 5. The standard InChI is InChI=1S/C18H29N5O3/c1-4-9-21(10-5-2)16-8-7-15(19-20-16)17(24)22-11-13-23(14-12-22)18(25)26-6-3/h7-8H,4-6,9-14H2,1-3H3. The lowest BCUT2D eigenvalue weighted by molar-refractivity contribution is 0.0565. The van der Waals surface area contributed by atoms with E-state index < -0.39 is 0 Å². The molecule has 0 aliphatic carbocycles. The van der Waals surface area contributed by atoms with Gasteiger partial charge in [-0.1, -0.05) is 13.8 Å². The van der Waals surface area contributed by atoms with Crippen LogP contribution in [0.4, 0.5) is 10.6 Å². The van der Waals surface area contributed by atoms with Crippen LogP contribution in [0.15, 0.2) is 12.1 Å². The molecule has 1 fully saturated rings. The van der Waals surface area contributed by atoms with Crippen LogP contribution in [0, 0.1) is 0 Å². The van der Waals surface area contributed by atoms with Gasteiger partial charge in [-0.3, -0.25) is 4.79 Å². The highest BCUT2D eigenvalue weighted by molar-refractivity contribution is 5.92. The molecule has 0 spiro atoms. The van der Waals surface area contributed by atoms with Crippen LogP contribution < -0.4 is 4.90 Å². The van der Waals surface area contributed by atoms with Gasteiger partial charge in [0.2, 0.25) is 0 Å². The van der Waals surface area contributed by atoms with Gasteiger partial charge in [0.15, 0.2) is 11.5 Å². The molecule has 1 aliphatic heterocycles. The third-order valence-corrected chi connectivity index (χ3v) is 4.27. The maximum atomic E-state index is 12.6. The van der Waals surface area contributed by atoms with Gasteiger partial charge in [0.25, 0.3) is 5.91 Å². The Hall–Kier alpha value is -2.38. The average Bonchev–Trinajstić information content (AvgIpc) is 2.68. The van der Waals surface area contributed by atoms with Crippen LogP contribution in [-0.4, -0.2) is 77.9 Å². The molecule has 144 valence electrons. The summed E-state index contributed by atoms with van der Waals surface area (Å²) >= 11 is 0. The minimum Gasteiger partial charge on any atom is -0.450 e. The predicted octanol–water partition coefficient (Wildman–Crippen LogP) is 2.02. The molecule has 1 aromatic heterocycles. The number of carbonyl (C=O) groups excluding carboxylic acids is 2. The molecule has 26 heavy (non-hydrogen) atoms. The van der Waals surface area contributed by atoms with Crippen LogP contribution in [0.1, 0.15) is 44.1 Å². The van der Waals surface area contributed by atoms with E-state index in [0.29, 0.717) is 38.5 Å². The van der Waals surface area contributed by atoms with Gasteiger partial charge >= 0.3 is 6.09 Å². The monoisotopic (exact) mass is 363 g/mol. The van der Waals surface area contributed by atoms with Crippen molar-refractivity contribution >= 4 is 17.8 Å². The molecule has 1 saturated heterocycles. The smallest absolute Gasteiger partial charge is 0.409 e. The van der Waals surface area contributed by atoms with Gasteiger partial charge in [-0.25, -0.2) is 4.79 Å². The maximum Gasteiger partial charge on any atom is 0.409 e. The van der Waals surface area contributed by atoms with Crippen molar-refractivity contribution in [1.29, 1.82) is 0 Å². The summed E-state index contributed by atoms with van der Waals surface area (Å²) in [6, 6.07) is 3.60. The van der Waals surface area contributed by atoms with Crippen molar-refractivity contribution in [3.8, 4) is 0 Å². The Morgan fingerprint density at radius 2 is 1.62 bits per heavy atom. The van der Waals surface area contributed by atoms with E-state index in [1.165, 1.54) is 0 Å². The van der Waals surface area contributed by atoms with E-state index in [2.05, 4.69) is 28.9 Å². The molecule has 0 aromatic carbocycles. The first-order valence-electron chi connectivity index (χ1n) is 9.40. The average molecular weight is 363 g/mol. The van der Waals surface area contributed by atoms with Gasteiger partial charge in [0.1, 0.15) is 0 Å². The number of ether oxygens (including phenoxy) is 1. The Balaban J connectivity index is 1.95. The molecule has 1 aliphatic rings. The molecule has 8 nitrogen and oxygen atoms in total. The number of hydrogen-bond donors (Lipinski definition) is 0. The molecular formula is C18H29N5O3. The summed E-state index contributed by atoms with van der Waals surface area (Å²) < 4.78 is 4.99. The van der Waals surface area contributed by atoms with E-state index in [0.717, 1.165) is 31.7 Å². The molecule has 0 bridgehead atoms. The second-order valence-corrected chi connectivity index (χ2v) is 6.24. The van der Waals surface area contributed by atoms with Gasteiger partial charge in [-0.2, -0.15) is 0 Å². The summed E-state index contributed by atoms with van der Waals surface area (Å²) in [5.74, 6) is 0.655. The molecule has 2 amide bonds. The Labute approximate surface area is 155 Å². The van der Waals surface area contributed by atoms with Crippen LogP contribution in [0.5, 0.6) is 0 Å². The molecule has 0 atom stereocenters. The Bertz CT molecular complexity index is 579. The van der Waals surface area contributed by atoms with E-state index in [9.17, 15) is 9.59 Å². The van der Waals surface area contributed by atoms with Gasteiger partial charge in [-0.05, 0) is 31.9 Å². The number of anilines is 1. The predicted molar refractivity (Wildman–Crippen MR) is 99.3 cm³/mol. The molecule has 0 radical (unpaired) electrons. The quantitative estimate of drug-likeness (QED) is 0.737. The highest BCUT2D eigenvalue weighted by Crippen LogP contribution is 2.13. The number of carbonyl (C=O) groups is 2. The number of hydrogen-bond acceptors (Lipinski definition) is 6. The first kappa shape index (κ1) is 19.9. The van der Waals surface area contributed by atoms with Crippen LogP contribution in [0.25, 0.3) is 0 Å². The molecule has 0 N–H and O–H groups in total. The second kappa shape index (κ2) is 9.94. The Morgan fingerprint density at radius 1 is 1.00 bits per heavy atom. The summed E-state index contributed by atoms with van der Waals surface area (Å²) in [6.07, 6.45) is 1.75. The molecule has 8 heteroatoms. The van der Waals surface area contributed by atoms with Crippen LogP contribution in [0.2, 0.25) is 0 Å². The SMILES string of the molecule is CCCN(CCC)c1ccc(C(=O)N2CCN(C(=O)OCC)CC2)nn1. The third kappa shape index (κ3) is 5.06. The zero-order chi connectivity index (χ0) is 18.9. The summed E-state index contributed by atoms with van der Waals surface area (Å²) in [5, 5.41) is 8.38. The van der Waals surface area contributed by atoms with E-state index in [4.69, 9.17) is 4.74 Å². The summed E-state index contributed by atoms with van der Waals surface area (Å²) in [4.78, 5) is 29.8. The van der Waals surface area contributed by atoms with Crippen molar-refractivity contribution < 1.29 is 14.3 Å². The summed E-state index contributed by atoms with van der Waals surface area (Å²) in [5.41, 5.74) is 0.339. The van der Waals surface area contributed by atoms with Gasteiger partial charge in [-0.15, -0.1) is 10.2 Å². The van der Waals surface area contributed by atoms with Crippen molar-refractivity contribution in [2.24, 2.45) is 0 Å². The molecule has 0 unspecified atom stereocenters. The second-order valence-electron chi connectivity index (χ2n) is 6.24. The Kier molecular flexibility index (Phi) is 7.62. The van der Waals surface area contributed by atoms with Gasteiger partial charge in [0.05, 0.1) is 6.61 Å². The molecule has 2 rings (SSSR count). The lowest BCUT2D eigenvalue weighted by Crippen LogP contribution is -2.50. The summed E-state index contributed by atoms with van der Waals surface area (Å²) in [6.45, 7) is 10.1. The first-order valence-corrected chi connectivity index (χ1v) is 9.40. The van der Waals surface area contributed by atoms with E-state index in [1.807, 2.05) is 6.07 Å².